The highest BCUT2D eigenvalue weighted by Crippen LogP contribution is 2.65. The van der Waals surface area contributed by atoms with Crippen LogP contribution < -0.4 is 17.0 Å². The Kier molecular flexibility index (Phi) is 6.19. The minimum atomic E-state index is -0.0450. The molecule has 3 heteroatoms. The summed E-state index contributed by atoms with van der Waals surface area (Å²) in [5.74, 6) is 1.99. The maximum absolute atomic E-state index is 7.09. The van der Waals surface area contributed by atoms with Gasteiger partial charge < -0.3 is 26.2 Å². The van der Waals surface area contributed by atoms with Gasteiger partial charge in [0.25, 0.3) is 0 Å². The van der Waals surface area contributed by atoms with Crippen LogP contribution in [0, 0.1) is 17.8 Å². The monoisotopic (exact) mass is 519 g/mol. The zero-order chi connectivity index (χ0) is 22.7. The zero-order valence-electron chi connectivity index (χ0n) is 20.8. The third-order valence-electron chi connectivity index (χ3n) is 10.0. The number of quaternary nitrogens is 1. The van der Waals surface area contributed by atoms with E-state index >= 15 is 0 Å². The van der Waals surface area contributed by atoms with E-state index in [0.29, 0.717) is 17.4 Å². The largest absolute Gasteiger partial charge is 1.00 e. The zero-order valence-corrected chi connectivity index (χ0v) is 22.4. The number of fused-ring (bicyclic) bond motifs is 1. The first-order valence-corrected chi connectivity index (χ1v) is 13.0. The highest BCUT2D eigenvalue weighted by molar-refractivity contribution is 5.82. The molecule has 0 amide bonds. The maximum atomic E-state index is 7.09. The van der Waals surface area contributed by atoms with Crippen molar-refractivity contribution >= 4 is 10.8 Å². The Balaban J connectivity index is 0.00000241. The van der Waals surface area contributed by atoms with Crippen molar-refractivity contribution in [2.75, 3.05) is 13.1 Å². The van der Waals surface area contributed by atoms with E-state index in [4.69, 9.17) is 4.74 Å². The van der Waals surface area contributed by atoms with Crippen LogP contribution in [0.5, 0.6) is 0 Å². The van der Waals surface area contributed by atoms with Gasteiger partial charge in [0.05, 0.1) is 13.2 Å². The van der Waals surface area contributed by atoms with Crippen LogP contribution in [0.15, 0.2) is 72.8 Å². The molecule has 3 aromatic rings. The Bertz CT molecular complexity index is 1160. The van der Waals surface area contributed by atoms with Gasteiger partial charge in [-0.2, -0.15) is 0 Å². The molecule has 3 aliphatic rings. The summed E-state index contributed by atoms with van der Waals surface area (Å²) in [6, 6.07) is 26.7. The lowest BCUT2D eigenvalue weighted by atomic mass is 9.73. The number of nitrogens with zero attached hydrogens (tertiary/aromatic N) is 1. The average molecular weight is 521 g/mol. The fraction of sp³-hybridized carbons (Fsp3) is 0.484. The molecule has 2 saturated heterocycles. The average Bonchev–Trinajstić information content (AvgIpc) is 3.39. The molecule has 2 nitrogen and oxygen atoms in total. The SMILES string of the molecule is CC(C)[C@@]1(OCc2ccccc2)C[N@+]2(Cc3ccc4ccccc4c3)CC[C@@H]3CC[C@H]1[C@@]32C.[Br-]. The number of halogens is 1. The van der Waals surface area contributed by atoms with Gasteiger partial charge in [-0.1, -0.05) is 80.6 Å². The van der Waals surface area contributed by atoms with Crippen molar-refractivity contribution in [3.05, 3.63) is 83.9 Å². The molecule has 34 heavy (non-hydrogen) atoms. The van der Waals surface area contributed by atoms with Crippen LogP contribution in [-0.4, -0.2) is 28.7 Å². The molecule has 1 aliphatic carbocycles. The van der Waals surface area contributed by atoms with Gasteiger partial charge in [0.1, 0.15) is 24.2 Å². The minimum Gasteiger partial charge on any atom is -1.00 e. The van der Waals surface area contributed by atoms with Gasteiger partial charge in [-0.15, -0.1) is 0 Å². The lowest BCUT2D eigenvalue weighted by molar-refractivity contribution is -0.967. The van der Waals surface area contributed by atoms with Crippen molar-refractivity contribution in [3.8, 4) is 0 Å². The van der Waals surface area contributed by atoms with E-state index < -0.39 is 0 Å². The Labute approximate surface area is 215 Å². The Morgan fingerprint density at radius 2 is 1.62 bits per heavy atom. The summed E-state index contributed by atoms with van der Waals surface area (Å²) in [6.45, 7) is 11.8. The lowest BCUT2D eigenvalue weighted by Crippen LogP contribution is -3.00. The molecule has 0 bridgehead atoms. The third kappa shape index (κ3) is 3.42. The highest BCUT2D eigenvalue weighted by atomic mass is 79.9. The second-order valence-corrected chi connectivity index (χ2v) is 11.6. The topological polar surface area (TPSA) is 9.23 Å². The first-order chi connectivity index (χ1) is 16.0. The third-order valence-corrected chi connectivity index (χ3v) is 10.0. The molecule has 6 rings (SSSR count). The number of hydrogen-bond acceptors (Lipinski definition) is 1. The van der Waals surface area contributed by atoms with Crippen LogP contribution in [0.3, 0.4) is 0 Å². The standard InChI is InChI=1S/C31H38NO.BrH/c1-23(2)31(33-21-24-9-5-4-6-10-24)22-32(18-17-28-15-16-29(31)30(28,32)3)20-25-13-14-26-11-7-8-12-27(26)19-25;/h4-14,19,23,28-29H,15-18,20-22H2,1-3H3;1H/q+1;/p-1/t28-,29-,30+,31-,32+;/m0./s1. The van der Waals surface area contributed by atoms with Crippen LogP contribution in [0.4, 0.5) is 0 Å². The Morgan fingerprint density at radius 3 is 2.38 bits per heavy atom. The predicted molar refractivity (Wildman–Crippen MR) is 136 cm³/mol. The summed E-state index contributed by atoms with van der Waals surface area (Å²) in [4.78, 5) is 0. The van der Waals surface area contributed by atoms with E-state index in [0.717, 1.165) is 25.6 Å². The predicted octanol–water partition coefficient (Wildman–Crippen LogP) is 3.97. The maximum Gasteiger partial charge on any atom is 0.128 e. The van der Waals surface area contributed by atoms with Crippen molar-refractivity contribution in [2.45, 2.75) is 64.3 Å². The number of hydrogen-bond donors (Lipinski definition) is 0. The fourth-order valence-electron chi connectivity index (χ4n) is 8.29. The molecule has 1 saturated carbocycles. The van der Waals surface area contributed by atoms with E-state index in [9.17, 15) is 0 Å². The molecule has 3 aromatic carbocycles. The van der Waals surface area contributed by atoms with Crippen LogP contribution in [0.25, 0.3) is 10.8 Å². The molecule has 0 aromatic heterocycles. The van der Waals surface area contributed by atoms with Crippen molar-refractivity contribution in [1.29, 1.82) is 0 Å². The molecular weight excluding hydrogens is 482 g/mol. The molecule has 0 N–H and O–H groups in total. The molecule has 180 valence electrons. The first kappa shape index (κ1) is 24.0. The van der Waals surface area contributed by atoms with Crippen molar-refractivity contribution < 1.29 is 26.2 Å². The number of benzene rings is 3. The quantitative estimate of drug-likeness (QED) is 0.447. The Hall–Kier alpha value is -1.68. The first-order valence-electron chi connectivity index (χ1n) is 13.0. The van der Waals surface area contributed by atoms with Gasteiger partial charge in [-0.05, 0) is 48.1 Å². The van der Waals surface area contributed by atoms with Crippen molar-refractivity contribution in [3.63, 3.8) is 0 Å². The summed E-state index contributed by atoms with van der Waals surface area (Å²) in [5, 5.41) is 2.71. The lowest BCUT2D eigenvalue weighted by Gasteiger charge is -2.44. The number of ether oxygens (including phenoxy) is 1. The molecule has 5 atom stereocenters. The van der Waals surface area contributed by atoms with Gasteiger partial charge in [-0.3, -0.25) is 0 Å². The molecular formula is C31H38BrNO. The van der Waals surface area contributed by atoms with E-state index in [2.05, 4.69) is 93.6 Å². The van der Waals surface area contributed by atoms with Gasteiger partial charge in [0, 0.05) is 23.8 Å². The molecule has 3 fully saturated rings. The highest BCUT2D eigenvalue weighted by Gasteiger charge is 2.76. The van der Waals surface area contributed by atoms with E-state index in [1.54, 1.807) is 0 Å². The van der Waals surface area contributed by atoms with Crippen LogP contribution in [0.2, 0.25) is 0 Å². The molecule has 0 radical (unpaired) electrons. The number of rotatable bonds is 6. The smallest absolute Gasteiger partial charge is 0.128 e. The normalized spacial score (nSPS) is 33.9. The second-order valence-electron chi connectivity index (χ2n) is 11.6. The van der Waals surface area contributed by atoms with Crippen LogP contribution in [-0.2, 0) is 17.9 Å². The summed E-state index contributed by atoms with van der Waals surface area (Å²) in [6.07, 6.45) is 4.08. The second kappa shape index (κ2) is 8.76. The molecule has 0 unspecified atom stereocenters. The molecule has 0 spiro atoms. The Morgan fingerprint density at radius 1 is 0.882 bits per heavy atom. The summed E-state index contributed by atoms with van der Waals surface area (Å²) in [5.41, 5.74) is 3.07. The van der Waals surface area contributed by atoms with E-state index in [1.807, 2.05) is 0 Å². The van der Waals surface area contributed by atoms with Gasteiger partial charge >= 0.3 is 0 Å². The van der Waals surface area contributed by atoms with Gasteiger partial charge in [0.15, 0.2) is 0 Å². The van der Waals surface area contributed by atoms with Crippen LogP contribution in [0.1, 0.15) is 51.2 Å². The van der Waals surface area contributed by atoms with E-state index in [1.165, 1.54) is 52.2 Å². The minimum absolute atomic E-state index is 0. The van der Waals surface area contributed by atoms with E-state index in [-0.39, 0.29) is 22.6 Å². The van der Waals surface area contributed by atoms with Crippen molar-refractivity contribution in [2.24, 2.45) is 17.8 Å². The summed E-state index contributed by atoms with van der Waals surface area (Å²) in [7, 11) is 0. The summed E-state index contributed by atoms with van der Waals surface area (Å²) >= 11 is 0. The van der Waals surface area contributed by atoms with Gasteiger partial charge in [0.2, 0.25) is 0 Å². The van der Waals surface area contributed by atoms with Gasteiger partial charge in [-0.25, -0.2) is 0 Å². The van der Waals surface area contributed by atoms with Crippen LogP contribution >= 0.6 is 0 Å². The fourth-order valence-corrected chi connectivity index (χ4v) is 8.29. The van der Waals surface area contributed by atoms with Crippen molar-refractivity contribution in [1.82, 2.24) is 0 Å². The molecule has 2 aliphatic heterocycles. The molecule has 2 heterocycles. The summed E-state index contributed by atoms with van der Waals surface area (Å²) < 4.78 is 8.30.